The van der Waals surface area contributed by atoms with E-state index >= 15 is 0 Å². The number of carbonyl (C=O) groups is 1. The van der Waals surface area contributed by atoms with Gasteiger partial charge in [-0.1, -0.05) is 18.6 Å². The number of ether oxygens (including phenoxy) is 1. The Morgan fingerprint density at radius 1 is 1.53 bits per heavy atom. The molecule has 0 heterocycles. The maximum Gasteiger partial charge on any atom is 0.407 e. The van der Waals surface area contributed by atoms with Gasteiger partial charge >= 0.3 is 6.09 Å². The third-order valence-electron chi connectivity index (χ3n) is 3.08. The summed E-state index contributed by atoms with van der Waals surface area (Å²) in [7, 11) is 7.19. The summed E-state index contributed by atoms with van der Waals surface area (Å²) < 4.78 is 18.2. The van der Waals surface area contributed by atoms with Gasteiger partial charge in [-0.2, -0.15) is 0 Å². The number of benzene rings is 1. The van der Waals surface area contributed by atoms with Crippen molar-refractivity contribution in [2.24, 2.45) is 0 Å². The van der Waals surface area contributed by atoms with Crippen LogP contribution in [-0.2, 0) is 4.74 Å². The molecule has 2 radical (unpaired) electrons. The van der Waals surface area contributed by atoms with Crippen LogP contribution in [0.15, 0.2) is 18.2 Å². The predicted molar refractivity (Wildman–Crippen MR) is 62.4 cm³/mol. The van der Waals surface area contributed by atoms with E-state index in [4.69, 9.17) is 7.85 Å². The molecule has 1 aliphatic rings. The van der Waals surface area contributed by atoms with Gasteiger partial charge in [0.1, 0.15) is 5.82 Å². The van der Waals surface area contributed by atoms with Gasteiger partial charge in [0, 0.05) is 0 Å². The van der Waals surface area contributed by atoms with Crippen LogP contribution in [0.4, 0.5) is 9.18 Å². The van der Waals surface area contributed by atoms with E-state index in [1.165, 1.54) is 13.2 Å². The van der Waals surface area contributed by atoms with Crippen LogP contribution < -0.4 is 5.32 Å². The van der Waals surface area contributed by atoms with Crippen LogP contribution >= 0.6 is 0 Å². The third kappa shape index (κ3) is 2.28. The van der Waals surface area contributed by atoms with Gasteiger partial charge in [-0.25, -0.2) is 9.18 Å². The average Bonchev–Trinajstić information content (AvgIpc) is 2.32. The Hall–Kier alpha value is -1.52. The van der Waals surface area contributed by atoms with Crippen molar-refractivity contribution in [1.29, 1.82) is 0 Å². The van der Waals surface area contributed by atoms with E-state index in [-0.39, 0.29) is 17.7 Å². The van der Waals surface area contributed by atoms with E-state index in [9.17, 15) is 9.18 Å². The van der Waals surface area contributed by atoms with Crippen molar-refractivity contribution >= 4 is 13.9 Å². The summed E-state index contributed by atoms with van der Waals surface area (Å²) >= 11 is 0. The number of carbonyl (C=O) groups excluding carboxylic acids is 1. The summed E-state index contributed by atoms with van der Waals surface area (Å²) in [6, 6.07) is 4.57. The Kier molecular flexibility index (Phi) is 3.36. The van der Waals surface area contributed by atoms with Gasteiger partial charge in [0.15, 0.2) is 0 Å². The minimum Gasteiger partial charge on any atom is -0.453 e. The average molecular weight is 233 g/mol. The molecule has 1 aliphatic carbocycles. The lowest BCUT2D eigenvalue weighted by Gasteiger charge is -2.30. The van der Waals surface area contributed by atoms with E-state index in [0.29, 0.717) is 18.4 Å². The van der Waals surface area contributed by atoms with Crippen molar-refractivity contribution in [3.8, 4) is 0 Å². The number of hydrogen-bond donors (Lipinski definition) is 1. The number of rotatable bonds is 1. The van der Waals surface area contributed by atoms with Gasteiger partial charge in [-0.3, -0.25) is 0 Å². The van der Waals surface area contributed by atoms with Crippen LogP contribution in [-0.4, -0.2) is 21.0 Å². The molecule has 5 heteroatoms. The molecule has 88 valence electrons. The monoisotopic (exact) mass is 233 g/mol. The molecule has 1 aromatic rings. The molecule has 0 aliphatic heterocycles. The number of methoxy groups -OCH3 is 1. The van der Waals surface area contributed by atoms with Crippen LogP contribution in [0.25, 0.3) is 0 Å². The van der Waals surface area contributed by atoms with Crippen molar-refractivity contribution in [3.63, 3.8) is 0 Å². The molecule has 0 fully saturated rings. The molecule has 0 saturated carbocycles. The zero-order chi connectivity index (χ0) is 12.4. The highest BCUT2D eigenvalue weighted by atomic mass is 19.1. The van der Waals surface area contributed by atoms with Crippen LogP contribution in [0.3, 0.4) is 0 Å². The summed E-state index contributed by atoms with van der Waals surface area (Å²) in [6.45, 7) is 0. The normalized spacial score (nSPS) is 22.7. The number of hydrogen-bond acceptors (Lipinski definition) is 2. The Balaban J connectivity index is 2.33. The Morgan fingerprint density at radius 3 is 3.00 bits per heavy atom. The van der Waals surface area contributed by atoms with Gasteiger partial charge in [0.05, 0.1) is 21.0 Å². The van der Waals surface area contributed by atoms with Gasteiger partial charge in [0.2, 0.25) is 0 Å². The summed E-state index contributed by atoms with van der Waals surface area (Å²) in [4.78, 5) is 11.2. The Morgan fingerprint density at radius 2 is 2.29 bits per heavy atom. The zero-order valence-corrected chi connectivity index (χ0v) is 9.57. The van der Waals surface area contributed by atoms with Gasteiger partial charge in [0.25, 0.3) is 0 Å². The van der Waals surface area contributed by atoms with E-state index in [1.54, 1.807) is 12.1 Å². The van der Waals surface area contributed by atoms with Gasteiger partial charge in [-0.15, -0.1) is 0 Å². The first-order valence-electron chi connectivity index (χ1n) is 5.52. The molecule has 2 rings (SSSR count). The van der Waals surface area contributed by atoms with Crippen molar-refractivity contribution in [1.82, 2.24) is 5.32 Å². The lowest BCUT2D eigenvalue weighted by atomic mass is 9.70. The standard InChI is InChI=1S/C12H13BFNO2/c1-17-12(16)15-10-6-5-8(13)11-7(10)3-2-4-9(11)14/h2-4,8,10H,5-6H2,1H3,(H,15,16). The summed E-state index contributed by atoms with van der Waals surface area (Å²) in [5, 5.41) is 2.69. The first-order valence-corrected chi connectivity index (χ1v) is 5.52. The molecule has 3 nitrogen and oxygen atoms in total. The van der Waals surface area contributed by atoms with Crippen molar-refractivity contribution in [2.45, 2.75) is 24.7 Å². The fourth-order valence-corrected chi connectivity index (χ4v) is 2.25. The minimum atomic E-state index is -0.513. The molecule has 0 spiro atoms. The molecule has 2 unspecified atom stereocenters. The predicted octanol–water partition coefficient (Wildman–Crippen LogP) is 2.23. The quantitative estimate of drug-likeness (QED) is 0.755. The molecular weight excluding hydrogens is 220 g/mol. The fourth-order valence-electron chi connectivity index (χ4n) is 2.25. The second-order valence-electron chi connectivity index (χ2n) is 4.12. The van der Waals surface area contributed by atoms with Crippen molar-refractivity contribution in [3.05, 3.63) is 35.1 Å². The van der Waals surface area contributed by atoms with Crippen LogP contribution in [0.1, 0.15) is 35.8 Å². The third-order valence-corrected chi connectivity index (χ3v) is 3.08. The maximum absolute atomic E-state index is 13.7. The summed E-state index contributed by atoms with van der Waals surface area (Å²) in [5.74, 6) is -0.617. The second-order valence-corrected chi connectivity index (χ2v) is 4.12. The van der Waals surface area contributed by atoms with E-state index < -0.39 is 6.09 Å². The fraction of sp³-hybridized carbons (Fsp3) is 0.417. The second kappa shape index (κ2) is 4.78. The highest BCUT2D eigenvalue weighted by Gasteiger charge is 2.27. The van der Waals surface area contributed by atoms with Crippen LogP contribution in [0, 0.1) is 5.82 Å². The van der Waals surface area contributed by atoms with Gasteiger partial charge < -0.3 is 10.1 Å². The number of amides is 1. The molecule has 1 N–H and O–H groups in total. The SMILES string of the molecule is [B]C1CCC(NC(=O)OC)c2cccc(F)c21. The lowest BCUT2D eigenvalue weighted by Crippen LogP contribution is -2.32. The molecule has 0 saturated heterocycles. The topological polar surface area (TPSA) is 38.3 Å². The minimum absolute atomic E-state index is 0.229. The molecule has 0 aromatic heterocycles. The Labute approximate surface area is 101 Å². The summed E-state index contributed by atoms with van der Waals surface area (Å²) in [6.07, 6.45) is 0.815. The molecule has 1 aromatic carbocycles. The number of alkyl carbamates (subject to hydrolysis) is 1. The lowest BCUT2D eigenvalue weighted by molar-refractivity contribution is 0.165. The van der Waals surface area contributed by atoms with E-state index in [1.807, 2.05) is 0 Å². The smallest absolute Gasteiger partial charge is 0.407 e. The first-order chi connectivity index (χ1) is 8.13. The van der Waals surface area contributed by atoms with Crippen LogP contribution in [0.5, 0.6) is 0 Å². The summed E-state index contributed by atoms with van der Waals surface area (Å²) in [5.41, 5.74) is 1.24. The van der Waals surface area contributed by atoms with Crippen molar-refractivity contribution in [2.75, 3.05) is 7.11 Å². The molecular formula is C12H13BFNO2. The maximum atomic E-state index is 13.7. The molecule has 17 heavy (non-hydrogen) atoms. The Bertz CT molecular complexity index is 439. The highest BCUT2D eigenvalue weighted by molar-refractivity contribution is 6.12. The van der Waals surface area contributed by atoms with Crippen molar-refractivity contribution < 1.29 is 13.9 Å². The number of halogens is 1. The molecule has 1 amide bonds. The van der Waals surface area contributed by atoms with Crippen LogP contribution in [0.2, 0.25) is 0 Å². The largest absolute Gasteiger partial charge is 0.453 e. The highest BCUT2D eigenvalue weighted by Crippen LogP contribution is 2.37. The molecule has 2 atom stereocenters. The zero-order valence-electron chi connectivity index (χ0n) is 9.57. The number of nitrogens with one attached hydrogen (secondary N) is 1. The van der Waals surface area contributed by atoms with E-state index in [2.05, 4.69) is 10.1 Å². The van der Waals surface area contributed by atoms with Gasteiger partial charge in [-0.05, 0) is 29.4 Å². The van der Waals surface area contributed by atoms with E-state index in [0.717, 1.165) is 5.56 Å². The molecule has 0 bridgehead atoms. The first kappa shape index (κ1) is 12.0. The number of fused-ring (bicyclic) bond motifs is 1.